The Hall–Kier alpha value is -2.54. The number of likely N-dealkylation sites (tertiary alicyclic amines) is 1. The van der Waals surface area contributed by atoms with Gasteiger partial charge >= 0.3 is 6.03 Å². The van der Waals surface area contributed by atoms with Gasteiger partial charge in [0.15, 0.2) is 0 Å². The monoisotopic (exact) mass is 402 g/mol. The van der Waals surface area contributed by atoms with Gasteiger partial charge in [-0.25, -0.2) is 4.79 Å². The first kappa shape index (κ1) is 18.8. The van der Waals surface area contributed by atoms with E-state index in [1.54, 1.807) is 21.9 Å². The highest BCUT2D eigenvalue weighted by molar-refractivity contribution is 6.35. The van der Waals surface area contributed by atoms with E-state index in [-0.39, 0.29) is 23.8 Å². The van der Waals surface area contributed by atoms with Crippen LogP contribution in [0.2, 0.25) is 5.02 Å². The maximum Gasteiger partial charge on any atom is 0.325 e. The summed E-state index contributed by atoms with van der Waals surface area (Å²) in [5.41, 5.74) is 0.445. The van der Waals surface area contributed by atoms with E-state index in [0.29, 0.717) is 43.2 Å². The lowest BCUT2D eigenvalue weighted by Gasteiger charge is -2.42. The number of benzene rings is 1. The molecule has 2 aliphatic heterocycles. The minimum absolute atomic E-state index is 0.123. The van der Waals surface area contributed by atoms with Crippen LogP contribution >= 0.6 is 11.6 Å². The van der Waals surface area contributed by atoms with E-state index in [1.165, 1.54) is 0 Å². The normalized spacial score (nSPS) is 19.1. The third kappa shape index (κ3) is 2.94. The van der Waals surface area contributed by atoms with Gasteiger partial charge in [0.25, 0.3) is 11.8 Å². The van der Waals surface area contributed by atoms with Crippen LogP contribution in [-0.2, 0) is 4.79 Å². The molecule has 2 saturated heterocycles. The number of carbonyl (C=O) groups is 3. The van der Waals surface area contributed by atoms with E-state index < -0.39 is 5.54 Å². The van der Waals surface area contributed by atoms with Crippen LogP contribution in [0, 0.1) is 5.92 Å². The lowest BCUT2D eigenvalue weighted by atomic mass is 9.85. The van der Waals surface area contributed by atoms with Crippen LogP contribution in [0.1, 0.15) is 37.2 Å². The summed E-state index contributed by atoms with van der Waals surface area (Å²) in [7, 11) is 0. The van der Waals surface area contributed by atoms with Gasteiger partial charge in [0.2, 0.25) is 0 Å². The number of imide groups is 1. The number of nitrogens with one attached hydrogen (secondary N) is 2. The first-order valence-corrected chi connectivity index (χ1v) is 9.89. The molecule has 1 spiro atoms. The quantitative estimate of drug-likeness (QED) is 0.774. The molecule has 3 heterocycles. The van der Waals surface area contributed by atoms with Crippen LogP contribution in [0.15, 0.2) is 24.3 Å². The molecule has 148 valence electrons. The zero-order valence-corrected chi connectivity index (χ0v) is 16.7. The van der Waals surface area contributed by atoms with Gasteiger partial charge in [-0.05, 0) is 37.0 Å². The Morgan fingerprint density at radius 2 is 1.96 bits per heavy atom. The Bertz CT molecular complexity index is 960. The fourth-order valence-corrected chi connectivity index (χ4v) is 4.43. The first-order chi connectivity index (χ1) is 13.3. The van der Waals surface area contributed by atoms with E-state index in [1.807, 2.05) is 26.0 Å². The van der Waals surface area contributed by atoms with Crippen LogP contribution in [0.25, 0.3) is 10.9 Å². The molecule has 0 aliphatic carbocycles. The van der Waals surface area contributed by atoms with Gasteiger partial charge in [-0.15, -0.1) is 0 Å². The summed E-state index contributed by atoms with van der Waals surface area (Å²) in [5, 5.41) is 3.86. The van der Waals surface area contributed by atoms with Gasteiger partial charge in [0, 0.05) is 35.6 Å². The lowest BCUT2D eigenvalue weighted by Crippen LogP contribution is -2.58. The highest BCUT2D eigenvalue weighted by Crippen LogP contribution is 2.34. The number of aromatic amines is 1. The second-order valence-corrected chi connectivity index (χ2v) is 8.38. The van der Waals surface area contributed by atoms with Gasteiger partial charge in [0.05, 0.1) is 0 Å². The van der Waals surface area contributed by atoms with Crippen molar-refractivity contribution in [2.45, 2.75) is 32.2 Å². The van der Waals surface area contributed by atoms with Crippen molar-refractivity contribution in [1.29, 1.82) is 0 Å². The minimum atomic E-state index is -0.845. The second-order valence-electron chi connectivity index (χ2n) is 7.97. The summed E-state index contributed by atoms with van der Waals surface area (Å²) in [5.74, 6) is -0.116. The third-order valence-corrected chi connectivity index (χ3v) is 6.00. The Balaban J connectivity index is 1.52. The van der Waals surface area contributed by atoms with Crippen molar-refractivity contribution in [3.63, 3.8) is 0 Å². The molecule has 4 amide bonds. The van der Waals surface area contributed by atoms with Crippen LogP contribution < -0.4 is 5.32 Å². The Morgan fingerprint density at radius 3 is 2.61 bits per heavy atom. The van der Waals surface area contributed by atoms with Gasteiger partial charge in [0.1, 0.15) is 11.2 Å². The molecule has 8 heteroatoms. The number of halogens is 1. The molecule has 0 atom stereocenters. The van der Waals surface area contributed by atoms with Gasteiger partial charge in [-0.3, -0.25) is 14.9 Å². The summed E-state index contributed by atoms with van der Waals surface area (Å²) in [6.45, 7) is 5.38. The summed E-state index contributed by atoms with van der Waals surface area (Å²) < 4.78 is 0. The fraction of sp³-hybridized carbons (Fsp3) is 0.450. The number of piperidine rings is 1. The Morgan fingerprint density at radius 1 is 1.25 bits per heavy atom. The van der Waals surface area contributed by atoms with E-state index in [9.17, 15) is 14.4 Å². The highest BCUT2D eigenvalue weighted by Gasteiger charge is 2.54. The topological polar surface area (TPSA) is 85.5 Å². The number of hydrogen-bond acceptors (Lipinski definition) is 3. The van der Waals surface area contributed by atoms with Crippen molar-refractivity contribution >= 4 is 40.3 Å². The maximum absolute atomic E-state index is 13.0. The number of H-pyrrole nitrogens is 1. The van der Waals surface area contributed by atoms with E-state index in [4.69, 9.17) is 11.6 Å². The number of aromatic nitrogens is 1. The van der Waals surface area contributed by atoms with Gasteiger partial charge in [-0.1, -0.05) is 31.5 Å². The van der Waals surface area contributed by atoms with Crippen LogP contribution in [0.4, 0.5) is 4.79 Å². The molecule has 4 rings (SSSR count). The molecule has 2 N–H and O–H groups in total. The van der Waals surface area contributed by atoms with Crippen molar-refractivity contribution in [3.8, 4) is 0 Å². The lowest BCUT2D eigenvalue weighted by molar-refractivity contribution is -0.129. The Kier molecular flexibility index (Phi) is 4.57. The average molecular weight is 403 g/mol. The molecule has 2 aromatic rings. The molecule has 1 aromatic heterocycles. The summed E-state index contributed by atoms with van der Waals surface area (Å²) in [6, 6.07) is 6.93. The zero-order chi connectivity index (χ0) is 20.1. The standard InChI is InChI=1S/C20H23ClN4O3/c1-12(2)11-25-19(28)23-18(27)20(25)6-8-24(9-7-20)17(26)16-10-13-14(21)4-3-5-15(13)22-16/h3-5,10,12,22H,6-9,11H2,1-2H3,(H,23,27,28). The number of urea groups is 1. The number of carbonyl (C=O) groups excluding carboxylic acids is 3. The summed E-state index contributed by atoms with van der Waals surface area (Å²) in [4.78, 5) is 44.3. The van der Waals surface area contributed by atoms with Crippen molar-refractivity contribution < 1.29 is 14.4 Å². The highest BCUT2D eigenvalue weighted by atomic mass is 35.5. The van der Waals surface area contributed by atoms with Crippen LogP contribution in [-0.4, -0.2) is 57.8 Å². The second kappa shape index (κ2) is 6.81. The molecule has 7 nitrogen and oxygen atoms in total. The van der Waals surface area contributed by atoms with E-state index >= 15 is 0 Å². The molecule has 2 aliphatic rings. The molecule has 1 aromatic carbocycles. The van der Waals surface area contributed by atoms with Crippen LogP contribution in [0.3, 0.4) is 0 Å². The van der Waals surface area contributed by atoms with E-state index in [2.05, 4.69) is 10.3 Å². The van der Waals surface area contributed by atoms with Crippen molar-refractivity contribution in [2.75, 3.05) is 19.6 Å². The van der Waals surface area contributed by atoms with Gasteiger partial charge < -0.3 is 14.8 Å². The molecule has 2 fully saturated rings. The molecule has 0 saturated carbocycles. The Labute approximate surface area is 168 Å². The van der Waals surface area contributed by atoms with E-state index in [0.717, 1.165) is 10.9 Å². The average Bonchev–Trinajstić information content (AvgIpc) is 3.18. The summed E-state index contributed by atoms with van der Waals surface area (Å²) >= 11 is 6.20. The molecule has 0 bridgehead atoms. The van der Waals surface area contributed by atoms with Crippen molar-refractivity contribution in [1.82, 2.24) is 20.1 Å². The third-order valence-electron chi connectivity index (χ3n) is 5.67. The maximum atomic E-state index is 13.0. The predicted molar refractivity (Wildman–Crippen MR) is 106 cm³/mol. The largest absolute Gasteiger partial charge is 0.350 e. The molecular weight excluding hydrogens is 380 g/mol. The fourth-order valence-electron chi connectivity index (χ4n) is 4.20. The molecule has 0 radical (unpaired) electrons. The van der Waals surface area contributed by atoms with Gasteiger partial charge in [-0.2, -0.15) is 0 Å². The SMILES string of the molecule is CC(C)CN1C(=O)NC(=O)C12CCN(C(=O)c1cc3c(Cl)cccc3[nH]1)CC2. The number of fused-ring (bicyclic) bond motifs is 1. The number of nitrogens with zero attached hydrogens (tertiary/aromatic N) is 2. The van der Waals surface area contributed by atoms with Crippen molar-refractivity contribution in [2.24, 2.45) is 5.92 Å². The smallest absolute Gasteiger partial charge is 0.325 e. The minimum Gasteiger partial charge on any atom is -0.350 e. The van der Waals surface area contributed by atoms with Crippen molar-refractivity contribution in [3.05, 3.63) is 35.0 Å². The molecular formula is C20H23ClN4O3. The zero-order valence-electron chi connectivity index (χ0n) is 15.9. The number of amides is 4. The molecule has 28 heavy (non-hydrogen) atoms. The number of hydrogen-bond donors (Lipinski definition) is 2. The predicted octanol–water partition coefficient (Wildman–Crippen LogP) is 3.00. The molecule has 0 unspecified atom stereocenters. The van der Waals surface area contributed by atoms with Crippen LogP contribution in [0.5, 0.6) is 0 Å². The number of rotatable bonds is 3. The summed E-state index contributed by atoms with van der Waals surface area (Å²) in [6.07, 6.45) is 0.869. The first-order valence-electron chi connectivity index (χ1n) is 9.51.